The van der Waals surface area contributed by atoms with Gasteiger partial charge in [0.05, 0.1) is 16.9 Å². The number of nitro benzene ring substituents is 1. The van der Waals surface area contributed by atoms with Crippen molar-refractivity contribution in [3.63, 3.8) is 0 Å². The summed E-state index contributed by atoms with van der Waals surface area (Å²) in [4.78, 5) is 19.7. The van der Waals surface area contributed by atoms with Gasteiger partial charge in [-0.3, -0.25) is 15.1 Å². The first kappa shape index (κ1) is 9.32. The molecule has 1 aromatic rings. The molecule has 0 N–H and O–H groups in total. The lowest BCUT2D eigenvalue weighted by molar-refractivity contribution is -0.384. The van der Waals surface area contributed by atoms with Crippen molar-refractivity contribution in [2.24, 2.45) is 9.98 Å². The number of nitrogens with zero attached hydrogens (tertiary/aromatic N) is 4. The van der Waals surface area contributed by atoms with E-state index in [0.29, 0.717) is 12.4 Å². The quantitative estimate of drug-likeness (QED) is 0.540. The van der Waals surface area contributed by atoms with Crippen molar-refractivity contribution >= 4 is 24.1 Å². The van der Waals surface area contributed by atoms with E-state index < -0.39 is 4.92 Å². The molecule has 2 rings (SSSR count). The molecule has 0 saturated heterocycles. The Morgan fingerprint density at radius 3 is 3.00 bits per heavy atom. The van der Waals surface area contributed by atoms with E-state index in [1.54, 1.807) is 23.4 Å². The van der Waals surface area contributed by atoms with Crippen LogP contribution < -0.4 is 4.90 Å². The Morgan fingerprint density at radius 2 is 2.33 bits per heavy atom. The van der Waals surface area contributed by atoms with Crippen LogP contribution in [-0.2, 0) is 0 Å². The van der Waals surface area contributed by atoms with Gasteiger partial charge in [0.1, 0.15) is 13.0 Å². The van der Waals surface area contributed by atoms with E-state index in [2.05, 4.69) is 9.98 Å². The number of anilines is 1. The average Bonchev–Trinajstić information content (AvgIpc) is 2.30. The Balaban J connectivity index is 2.28. The third-order valence-electron chi connectivity index (χ3n) is 1.96. The van der Waals surface area contributed by atoms with Gasteiger partial charge in [0.2, 0.25) is 0 Å². The van der Waals surface area contributed by atoms with Crippen molar-refractivity contribution in [3.8, 4) is 0 Å². The fourth-order valence-electron chi connectivity index (χ4n) is 1.25. The predicted molar refractivity (Wildman–Crippen MR) is 57.4 cm³/mol. The highest BCUT2D eigenvalue weighted by Gasteiger charge is 2.10. The van der Waals surface area contributed by atoms with Crippen LogP contribution in [0.3, 0.4) is 0 Å². The van der Waals surface area contributed by atoms with Gasteiger partial charge in [-0.2, -0.15) is 0 Å². The van der Waals surface area contributed by atoms with E-state index in [1.807, 2.05) is 0 Å². The maximum atomic E-state index is 10.6. The molecule has 0 aliphatic carbocycles. The summed E-state index contributed by atoms with van der Waals surface area (Å²) in [6.45, 7) is 0.435. The van der Waals surface area contributed by atoms with E-state index in [0.717, 1.165) is 0 Å². The number of hydrogen-bond acceptors (Lipinski definition) is 5. The summed E-state index contributed by atoms with van der Waals surface area (Å²) < 4.78 is 0. The number of aliphatic imine (C=N–C) groups is 2. The average molecular weight is 204 g/mol. The molecule has 6 heteroatoms. The molecule has 1 aliphatic heterocycles. The zero-order valence-corrected chi connectivity index (χ0v) is 7.78. The van der Waals surface area contributed by atoms with Gasteiger partial charge in [0.25, 0.3) is 5.69 Å². The molecule has 15 heavy (non-hydrogen) atoms. The second kappa shape index (κ2) is 3.87. The van der Waals surface area contributed by atoms with Crippen LogP contribution in [0.2, 0.25) is 0 Å². The molecule has 0 saturated carbocycles. The molecule has 0 radical (unpaired) electrons. The normalized spacial score (nSPS) is 14.3. The predicted octanol–water partition coefficient (Wildman–Crippen LogP) is 1.43. The van der Waals surface area contributed by atoms with E-state index in [-0.39, 0.29) is 5.69 Å². The van der Waals surface area contributed by atoms with Gasteiger partial charge in [0.15, 0.2) is 0 Å². The highest BCUT2D eigenvalue weighted by atomic mass is 16.6. The number of nitro groups is 1. The van der Waals surface area contributed by atoms with Crippen LogP contribution in [0.4, 0.5) is 11.4 Å². The van der Waals surface area contributed by atoms with Crippen LogP contribution in [0, 0.1) is 10.1 Å². The molecule has 0 bridgehead atoms. The van der Waals surface area contributed by atoms with Crippen molar-refractivity contribution in [2.45, 2.75) is 0 Å². The van der Waals surface area contributed by atoms with Gasteiger partial charge in [-0.1, -0.05) is 6.07 Å². The Kier molecular flexibility index (Phi) is 2.40. The first-order valence-corrected chi connectivity index (χ1v) is 4.30. The SMILES string of the molecule is O=[N+]([O-])c1cccc(N2C=NC=NC2)c1. The third kappa shape index (κ3) is 1.98. The van der Waals surface area contributed by atoms with Crippen LogP contribution in [-0.4, -0.2) is 24.3 Å². The molecule has 0 atom stereocenters. The Hall–Kier alpha value is -2.24. The molecule has 76 valence electrons. The molecule has 1 aromatic carbocycles. The Labute approximate surface area is 85.7 Å². The molecule has 1 heterocycles. The van der Waals surface area contributed by atoms with E-state index in [4.69, 9.17) is 0 Å². The van der Waals surface area contributed by atoms with Crippen molar-refractivity contribution in [1.29, 1.82) is 0 Å². The smallest absolute Gasteiger partial charge is 0.271 e. The topological polar surface area (TPSA) is 71.1 Å². The molecule has 0 aromatic heterocycles. The van der Waals surface area contributed by atoms with E-state index in [9.17, 15) is 10.1 Å². The first-order chi connectivity index (χ1) is 7.27. The molecule has 1 aliphatic rings. The Morgan fingerprint density at radius 1 is 1.47 bits per heavy atom. The maximum absolute atomic E-state index is 10.6. The van der Waals surface area contributed by atoms with Crippen LogP contribution in [0.5, 0.6) is 0 Å². The summed E-state index contributed by atoms with van der Waals surface area (Å²) in [5, 5.41) is 10.6. The van der Waals surface area contributed by atoms with Gasteiger partial charge in [0, 0.05) is 12.1 Å². The highest BCUT2D eigenvalue weighted by molar-refractivity contribution is 5.86. The second-order valence-electron chi connectivity index (χ2n) is 2.95. The minimum atomic E-state index is -0.423. The lowest BCUT2D eigenvalue weighted by Crippen LogP contribution is -2.23. The summed E-state index contributed by atoms with van der Waals surface area (Å²) >= 11 is 0. The molecular weight excluding hydrogens is 196 g/mol. The van der Waals surface area contributed by atoms with Crippen LogP contribution in [0.1, 0.15) is 0 Å². The first-order valence-electron chi connectivity index (χ1n) is 4.30. The lowest BCUT2D eigenvalue weighted by atomic mass is 10.2. The van der Waals surface area contributed by atoms with Gasteiger partial charge in [-0.15, -0.1) is 0 Å². The summed E-state index contributed by atoms with van der Waals surface area (Å²) in [6, 6.07) is 6.36. The van der Waals surface area contributed by atoms with Crippen molar-refractivity contribution < 1.29 is 4.92 Å². The van der Waals surface area contributed by atoms with E-state index in [1.165, 1.54) is 18.5 Å². The van der Waals surface area contributed by atoms with Crippen LogP contribution in [0.15, 0.2) is 34.3 Å². The standard InChI is InChI=1S/C9H8N4O2/c14-13(15)9-3-1-2-8(4-9)12-6-10-5-11-7-12/h1-6H,7H2. The summed E-state index contributed by atoms with van der Waals surface area (Å²) in [7, 11) is 0. The minimum Gasteiger partial charge on any atom is -0.312 e. The zero-order chi connectivity index (χ0) is 10.7. The number of rotatable bonds is 2. The second-order valence-corrected chi connectivity index (χ2v) is 2.95. The molecule has 0 fully saturated rings. The number of benzene rings is 1. The molecule has 0 spiro atoms. The zero-order valence-electron chi connectivity index (χ0n) is 7.78. The summed E-state index contributed by atoms with van der Waals surface area (Å²) in [5.74, 6) is 0. The molecule has 6 nitrogen and oxygen atoms in total. The molecular formula is C9H8N4O2. The minimum absolute atomic E-state index is 0.0652. The maximum Gasteiger partial charge on any atom is 0.271 e. The van der Waals surface area contributed by atoms with Crippen LogP contribution in [0.25, 0.3) is 0 Å². The van der Waals surface area contributed by atoms with Gasteiger partial charge in [-0.25, -0.2) is 4.99 Å². The van der Waals surface area contributed by atoms with Crippen LogP contribution >= 0.6 is 0 Å². The fraction of sp³-hybridized carbons (Fsp3) is 0.111. The fourth-order valence-corrected chi connectivity index (χ4v) is 1.25. The van der Waals surface area contributed by atoms with Crippen molar-refractivity contribution in [3.05, 3.63) is 34.4 Å². The molecule has 0 unspecified atom stereocenters. The molecule has 0 amide bonds. The van der Waals surface area contributed by atoms with E-state index >= 15 is 0 Å². The Bertz CT molecular complexity index is 441. The largest absolute Gasteiger partial charge is 0.312 e. The van der Waals surface area contributed by atoms with Gasteiger partial charge in [-0.05, 0) is 6.07 Å². The lowest BCUT2D eigenvalue weighted by Gasteiger charge is -2.18. The number of non-ortho nitro benzene ring substituents is 1. The van der Waals surface area contributed by atoms with Crippen molar-refractivity contribution in [1.82, 2.24) is 0 Å². The van der Waals surface area contributed by atoms with Gasteiger partial charge < -0.3 is 4.90 Å². The van der Waals surface area contributed by atoms with Gasteiger partial charge >= 0.3 is 0 Å². The highest BCUT2D eigenvalue weighted by Crippen LogP contribution is 2.20. The van der Waals surface area contributed by atoms with Crippen molar-refractivity contribution in [2.75, 3.05) is 11.6 Å². The summed E-state index contributed by atoms with van der Waals surface area (Å²) in [6.07, 6.45) is 3.04. The monoisotopic (exact) mass is 204 g/mol. The summed E-state index contributed by atoms with van der Waals surface area (Å²) in [5.41, 5.74) is 0.778. The third-order valence-corrected chi connectivity index (χ3v) is 1.96. The number of hydrogen-bond donors (Lipinski definition) is 0.